The first-order valence-electron chi connectivity index (χ1n) is 4.48. The van der Waals surface area contributed by atoms with Gasteiger partial charge in [0, 0.05) is 36.1 Å². The number of rotatable bonds is 3. The molecule has 0 saturated carbocycles. The highest BCUT2D eigenvalue weighted by molar-refractivity contribution is 7.99. The molecule has 1 aromatic heterocycles. The Morgan fingerprint density at radius 1 is 1.47 bits per heavy atom. The molecule has 0 spiro atoms. The lowest BCUT2D eigenvalue weighted by atomic mass is 10.5. The van der Waals surface area contributed by atoms with Gasteiger partial charge in [-0.05, 0) is 0 Å². The first kappa shape index (κ1) is 11.3. The van der Waals surface area contributed by atoms with E-state index >= 15 is 0 Å². The summed E-state index contributed by atoms with van der Waals surface area (Å²) in [6, 6.07) is 0. The highest BCUT2D eigenvalue weighted by Gasteiger charge is 2.15. The zero-order chi connectivity index (χ0) is 10.7. The molecule has 2 rings (SSSR count). The van der Waals surface area contributed by atoms with Gasteiger partial charge in [0.25, 0.3) is 0 Å². The van der Waals surface area contributed by atoms with E-state index in [-0.39, 0.29) is 5.75 Å². The maximum atomic E-state index is 10.6. The summed E-state index contributed by atoms with van der Waals surface area (Å²) in [5, 5.41) is 0.871. The van der Waals surface area contributed by atoms with Crippen molar-refractivity contribution in [3.05, 3.63) is 5.82 Å². The van der Waals surface area contributed by atoms with Crippen molar-refractivity contribution in [3.63, 3.8) is 0 Å². The van der Waals surface area contributed by atoms with Crippen molar-refractivity contribution >= 4 is 39.5 Å². The molecular formula is C7H11N3O2S3. The monoisotopic (exact) mass is 265 g/mol. The van der Waals surface area contributed by atoms with Crippen LogP contribution in [0.2, 0.25) is 0 Å². The average molecular weight is 265 g/mol. The van der Waals surface area contributed by atoms with E-state index in [1.165, 1.54) is 11.5 Å². The van der Waals surface area contributed by atoms with Gasteiger partial charge in [0.15, 0.2) is 16.9 Å². The molecule has 5 nitrogen and oxygen atoms in total. The molecule has 2 heterocycles. The fourth-order valence-corrected chi connectivity index (χ4v) is 3.37. The Balaban J connectivity index is 2.02. The summed E-state index contributed by atoms with van der Waals surface area (Å²) in [5.74, 6) is 2.72. The van der Waals surface area contributed by atoms with Crippen LogP contribution in [0.25, 0.3) is 0 Å². The second-order valence-corrected chi connectivity index (χ2v) is 5.95. The van der Waals surface area contributed by atoms with Gasteiger partial charge in [-0.2, -0.15) is 16.1 Å². The van der Waals surface area contributed by atoms with E-state index in [2.05, 4.69) is 14.3 Å². The Morgan fingerprint density at radius 2 is 2.20 bits per heavy atom. The first-order chi connectivity index (χ1) is 7.25. The van der Waals surface area contributed by atoms with Crippen LogP contribution < -0.4 is 4.90 Å². The Hall–Kier alpha value is -0.180. The summed E-state index contributed by atoms with van der Waals surface area (Å²) >= 11 is 1.40. The standard InChI is InChI=1S/C7H11N3O2S3/c11-15(12)5-6-8-7(14-9-6)10-1-3-13-4-2-10/h1-5H2,(H,11,12). The quantitative estimate of drug-likeness (QED) is 0.816. The minimum absolute atomic E-state index is 0.0269. The van der Waals surface area contributed by atoms with Crippen LogP contribution in [-0.2, 0) is 16.8 Å². The molecule has 1 unspecified atom stereocenters. The fourth-order valence-electron chi connectivity index (χ4n) is 1.30. The van der Waals surface area contributed by atoms with Crippen LogP contribution >= 0.6 is 23.3 Å². The molecule has 1 fully saturated rings. The van der Waals surface area contributed by atoms with Gasteiger partial charge in [-0.3, -0.25) is 0 Å². The number of anilines is 1. The summed E-state index contributed by atoms with van der Waals surface area (Å²) in [5.41, 5.74) is 0. The second kappa shape index (κ2) is 5.24. The minimum atomic E-state index is -1.85. The van der Waals surface area contributed by atoms with E-state index in [0.29, 0.717) is 5.82 Å². The van der Waals surface area contributed by atoms with Crippen molar-refractivity contribution < 1.29 is 8.76 Å². The third-order valence-corrected chi connectivity index (χ3v) is 4.25. The maximum Gasteiger partial charge on any atom is 0.205 e. The van der Waals surface area contributed by atoms with Gasteiger partial charge < -0.3 is 9.45 Å². The average Bonchev–Trinajstić information content (AvgIpc) is 2.67. The van der Waals surface area contributed by atoms with Crippen molar-refractivity contribution in [3.8, 4) is 0 Å². The molecule has 1 N–H and O–H groups in total. The molecule has 84 valence electrons. The molecule has 0 radical (unpaired) electrons. The molecule has 0 amide bonds. The van der Waals surface area contributed by atoms with Crippen molar-refractivity contribution in [1.82, 2.24) is 9.36 Å². The lowest BCUT2D eigenvalue weighted by Crippen LogP contribution is -2.32. The molecule has 1 aliphatic heterocycles. The number of hydrogen-bond acceptors (Lipinski definition) is 6. The van der Waals surface area contributed by atoms with E-state index in [0.717, 1.165) is 29.7 Å². The molecular weight excluding hydrogens is 254 g/mol. The summed E-state index contributed by atoms with van der Waals surface area (Å²) in [4.78, 5) is 6.42. The van der Waals surface area contributed by atoms with Gasteiger partial charge >= 0.3 is 0 Å². The van der Waals surface area contributed by atoms with Crippen LogP contribution in [0.4, 0.5) is 5.13 Å². The third kappa shape index (κ3) is 3.13. The Labute approximate surface area is 98.7 Å². The lowest BCUT2D eigenvalue weighted by Gasteiger charge is -2.24. The second-order valence-electron chi connectivity index (χ2n) is 3.06. The SMILES string of the molecule is O=S(O)Cc1nsc(N2CCSCC2)n1. The maximum absolute atomic E-state index is 10.6. The normalized spacial score (nSPS) is 19.1. The molecule has 0 aliphatic carbocycles. The van der Waals surface area contributed by atoms with Gasteiger partial charge in [-0.15, -0.1) is 0 Å². The van der Waals surface area contributed by atoms with Crippen molar-refractivity contribution in [2.75, 3.05) is 29.5 Å². The topological polar surface area (TPSA) is 66.3 Å². The highest BCUT2D eigenvalue weighted by Crippen LogP contribution is 2.21. The molecule has 1 atom stereocenters. The number of aromatic nitrogens is 2. The third-order valence-electron chi connectivity index (χ3n) is 1.99. The van der Waals surface area contributed by atoms with Crippen LogP contribution in [-0.4, -0.2) is 42.7 Å². The Bertz CT molecular complexity index is 351. The Morgan fingerprint density at radius 3 is 2.87 bits per heavy atom. The number of nitrogens with zero attached hydrogens (tertiary/aromatic N) is 3. The molecule has 8 heteroatoms. The first-order valence-corrected chi connectivity index (χ1v) is 7.69. The summed E-state index contributed by atoms with van der Waals surface area (Å²) in [6.45, 7) is 1.98. The van der Waals surface area contributed by atoms with Crippen LogP contribution in [0.5, 0.6) is 0 Å². The van der Waals surface area contributed by atoms with Crippen LogP contribution in [0, 0.1) is 0 Å². The fraction of sp³-hybridized carbons (Fsp3) is 0.714. The zero-order valence-electron chi connectivity index (χ0n) is 7.96. The summed E-state index contributed by atoms with van der Waals surface area (Å²) in [6.07, 6.45) is 0. The predicted octanol–water partition coefficient (Wildman–Crippen LogP) is 0.813. The van der Waals surface area contributed by atoms with Gasteiger partial charge in [0.1, 0.15) is 5.75 Å². The molecule has 1 saturated heterocycles. The highest BCUT2D eigenvalue weighted by atomic mass is 32.2. The van der Waals surface area contributed by atoms with Crippen molar-refractivity contribution in [1.29, 1.82) is 0 Å². The van der Waals surface area contributed by atoms with E-state index in [4.69, 9.17) is 4.55 Å². The molecule has 1 aromatic rings. The molecule has 0 aromatic carbocycles. The minimum Gasteiger partial charge on any atom is -0.345 e. The van der Waals surface area contributed by atoms with Gasteiger partial charge in [-0.1, -0.05) is 0 Å². The van der Waals surface area contributed by atoms with E-state index in [1.54, 1.807) is 0 Å². The molecule has 0 bridgehead atoms. The van der Waals surface area contributed by atoms with Crippen LogP contribution in [0.1, 0.15) is 5.82 Å². The van der Waals surface area contributed by atoms with Crippen LogP contribution in [0.15, 0.2) is 0 Å². The Kier molecular flexibility index (Phi) is 3.95. The lowest BCUT2D eigenvalue weighted by molar-refractivity contribution is 0.562. The van der Waals surface area contributed by atoms with Gasteiger partial charge in [0.2, 0.25) is 5.13 Å². The van der Waals surface area contributed by atoms with E-state index < -0.39 is 11.1 Å². The smallest absolute Gasteiger partial charge is 0.205 e. The number of hydrogen-bond donors (Lipinski definition) is 1. The van der Waals surface area contributed by atoms with Crippen LogP contribution in [0.3, 0.4) is 0 Å². The van der Waals surface area contributed by atoms with Crippen molar-refractivity contribution in [2.24, 2.45) is 0 Å². The molecule has 1 aliphatic rings. The summed E-state index contributed by atoms with van der Waals surface area (Å²) < 4.78 is 23.3. The van der Waals surface area contributed by atoms with Crippen molar-refractivity contribution in [2.45, 2.75) is 5.75 Å². The number of thioether (sulfide) groups is 1. The molecule has 15 heavy (non-hydrogen) atoms. The van der Waals surface area contributed by atoms with Gasteiger partial charge in [-0.25, -0.2) is 9.19 Å². The van der Waals surface area contributed by atoms with Gasteiger partial charge in [0.05, 0.1) is 0 Å². The largest absolute Gasteiger partial charge is 0.345 e. The van der Waals surface area contributed by atoms with E-state index in [9.17, 15) is 4.21 Å². The van der Waals surface area contributed by atoms with E-state index in [1.807, 2.05) is 11.8 Å². The zero-order valence-corrected chi connectivity index (χ0v) is 10.4. The summed E-state index contributed by atoms with van der Waals surface area (Å²) in [7, 11) is 0. The predicted molar refractivity (Wildman–Crippen MR) is 63.9 cm³/mol.